The van der Waals surface area contributed by atoms with E-state index in [9.17, 15) is 13.6 Å². The maximum Gasteiger partial charge on any atom is 0.338 e. The minimum atomic E-state index is -1.42. The fraction of sp³-hybridized carbons (Fsp3) is 0.0833. The van der Waals surface area contributed by atoms with Gasteiger partial charge in [-0.15, -0.1) is 0 Å². The quantitative estimate of drug-likeness (QED) is 0.895. The minimum absolute atomic E-state index is 0.0278. The third kappa shape index (κ3) is 2.65. The molecule has 0 aliphatic heterocycles. The average Bonchev–Trinajstić information content (AvgIpc) is 2.80. The van der Waals surface area contributed by atoms with E-state index < -0.39 is 23.2 Å². The molecule has 0 spiro atoms. The molecule has 0 unspecified atom stereocenters. The summed E-state index contributed by atoms with van der Waals surface area (Å²) in [6.45, 7) is 0.352. The Balaban J connectivity index is 2.22. The van der Waals surface area contributed by atoms with Crippen LogP contribution in [0.2, 0.25) is 0 Å². The lowest BCUT2D eigenvalue weighted by atomic mass is 10.1. The Morgan fingerprint density at radius 2 is 2.11 bits per heavy atom. The van der Waals surface area contributed by atoms with Gasteiger partial charge in [0.2, 0.25) is 0 Å². The third-order valence-electron chi connectivity index (χ3n) is 2.35. The van der Waals surface area contributed by atoms with E-state index in [0.717, 1.165) is 11.6 Å². The standard InChI is InChI=1S/C12H9F2NO2S/c13-9-4-10(14)11(3-8(9)12(16)17)15-5-7-1-2-18-6-7/h1-4,6,15H,5H2,(H,16,17). The largest absolute Gasteiger partial charge is 0.478 e. The van der Waals surface area contributed by atoms with Crippen LogP contribution in [0, 0.1) is 11.6 Å². The highest BCUT2D eigenvalue weighted by molar-refractivity contribution is 7.07. The molecule has 0 fully saturated rings. The van der Waals surface area contributed by atoms with Crippen molar-refractivity contribution in [2.45, 2.75) is 6.54 Å². The van der Waals surface area contributed by atoms with E-state index in [1.165, 1.54) is 11.3 Å². The summed E-state index contributed by atoms with van der Waals surface area (Å²) in [7, 11) is 0. The SMILES string of the molecule is O=C(O)c1cc(NCc2ccsc2)c(F)cc1F. The molecular weight excluding hydrogens is 260 g/mol. The van der Waals surface area contributed by atoms with Gasteiger partial charge < -0.3 is 10.4 Å². The van der Waals surface area contributed by atoms with Gasteiger partial charge in [0.25, 0.3) is 0 Å². The Hall–Kier alpha value is -1.95. The second-order valence-corrected chi connectivity index (χ2v) is 4.38. The molecular formula is C12H9F2NO2S. The fourth-order valence-electron chi connectivity index (χ4n) is 1.44. The minimum Gasteiger partial charge on any atom is -0.478 e. The number of anilines is 1. The van der Waals surface area contributed by atoms with Crippen LogP contribution in [0.25, 0.3) is 0 Å². The van der Waals surface area contributed by atoms with Crippen LogP contribution in [-0.2, 0) is 6.54 Å². The van der Waals surface area contributed by atoms with Crippen LogP contribution in [0.4, 0.5) is 14.5 Å². The van der Waals surface area contributed by atoms with E-state index >= 15 is 0 Å². The lowest BCUT2D eigenvalue weighted by Crippen LogP contribution is -2.06. The van der Waals surface area contributed by atoms with Crippen LogP contribution in [0.1, 0.15) is 15.9 Å². The highest BCUT2D eigenvalue weighted by Gasteiger charge is 2.14. The molecule has 0 bridgehead atoms. The predicted octanol–water partition coefficient (Wildman–Crippen LogP) is 3.34. The van der Waals surface area contributed by atoms with Gasteiger partial charge >= 0.3 is 5.97 Å². The molecule has 0 aliphatic carbocycles. The molecule has 0 saturated carbocycles. The summed E-state index contributed by atoms with van der Waals surface area (Å²) in [5, 5.41) is 15.2. The van der Waals surface area contributed by atoms with Gasteiger partial charge in [-0.3, -0.25) is 0 Å². The van der Waals surface area contributed by atoms with Crippen molar-refractivity contribution < 1.29 is 18.7 Å². The van der Waals surface area contributed by atoms with Crippen molar-refractivity contribution in [3.8, 4) is 0 Å². The number of rotatable bonds is 4. The Morgan fingerprint density at radius 1 is 1.33 bits per heavy atom. The van der Waals surface area contributed by atoms with Gasteiger partial charge in [0.15, 0.2) is 0 Å². The molecule has 2 N–H and O–H groups in total. The van der Waals surface area contributed by atoms with Gasteiger partial charge in [0.05, 0.1) is 11.3 Å². The van der Waals surface area contributed by atoms with E-state index in [-0.39, 0.29) is 5.69 Å². The Bertz CT molecular complexity index is 570. The third-order valence-corrected chi connectivity index (χ3v) is 3.08. The van der Waals surface area contributed by atoms with Gasteiger partial charge in [-0.2, -0.15) is 11.3 Å². The molecule has 2 aromatic rings. The molecule has 6 heteroatoms. The van der Waals surface area contributed by atoms with E-state index in [0.29, 0.717) is 12.6 Å². The molecule has 0 atom stereocenters. The van der Waals surface area contributed by atoms with Gasteiger partial charge in [0.1, 0.15) is 11.6 Å². The number of carboxylic acids is 1. The number of hydrogen-bond acceptors (Lipinski definition) is 3. The normalized spacial score (nSPS) is 10.3. The Morgan fingerprint density at radius 3 is 2.72 bits per heavy atom. The van der Waals surface area contributed by atoms with Crippen LogP contribution in [0.3, 0.4) is 0 Å². The van der Waals surface area contributed by atoms with Crippen LogP contribution >= 0.6 is 11.3 Å². The maximum absolute atomic E-state index is 13.4. The summed E-state index contributed by atoms with van der Waals surface area (Å²) in [6.07, 6.45) is 0. The molecule has 1 heterocycles. The van der Waals surface area contributed by atoms with Crippen LogP contribution in [0.15, 0.2) is 29.0 Å². The number of carboxylic acid groups (broad SMARTS) is 1. The first kappa shape index (κ1) is 12.5. The first-order valence-corrected chi connectivity index (χ1v) is 5.99. The van der Waals surface area contributed by atoms with E-state index in [1.807, 2.05) is 16.8 Å². The van der Waals surface area contributed by atoms with Crippen molar-refractivity contribution in [2.24, 2.45) is 0 Å². The molecule has 1 aromatic carbocycles. The second kappa shape index (κ2) is 5.14. The van der Waals surface area contributed by atoms with Crippen molar-refractivity contribution in [2.75, 3.05) is 5.32 Å². The molecule has 1 aromatic heterocycles. The summed E-state index contributed by atoms with van der Waals surface area (Å²) < 4.78 is 26.6. The highest BCUT2D eigenvalue weighted by atomic mass is 32.1. The van der Waals surface area contributed by atoms with Gasteiger partial charge in [-0.05, 0) is 28.5 Å². The molecule has 18 heavy (non-hydrogen) atoms. The van der Waals surface area contributed by atoms with Crippen molar-refractivity contribution in [1.29, 1.82) is 0 Å². The van der Waals surface area contributed by atoms with Gasteiger partial charge in [-0.25, -0.2) is 13.6 Å². The van der Waals surface area contributed by atoms with Crippen LogP contribution in [0.5, 0.6) is 0 Å². The lowest BCUT2D eigenvalue weighted by Gasteiger charge is -2.08. The molecule has 0 saturated heterocycles. The number of nitrogens with one attached hydrogen (secondary N) is 1. The fourth-order valence-corrected chi connectivity index (χ4v) is 2.11. The smallest absolute Gasteiger partial charge is 0.338 e. The number of benzene rings is 1. The molecule has 2 rings (SSSR count). The molecule has 0 amide bonds. The number of halogens is 2. The average molecular weight is 269 g/mol. The van der Waals surface area contributed by atoms with Crippen molar-refractivity contribution in [3.63, 3.8) is 0 Å². The van der Waals surface area contributed by atoms with E-state index in [4.69, 9.17) is 5.11 Å². The topological polar surface area (TPSA) is 49.3 Å². The van der Waals surface area contributed by atoms with E-state index in [2.05, 4.69) is 5.32 Å². The summed E-state index contributed by atoms with van der Waals surface area (Å²) in [6, 6.07) is 3.38. The van der Waals surface area contributed by atoms with Crippen molar-refractivity contribution in [1.82, 2.24) is 0 Å². The number of thiophene rings is 1. The zero-order valence-corrected chi connectivity index (χ0v) is 9.93. The summed E-state index contributed by atoms with van der Waals surface area (Å²) in [5.74, 6) is -3.32. The van der Waals surface area contributed by atoms with Crippen molar-refractivity contribution in [3.05, 3.63) is 51.7 Å². The predicted molar refractivity (Wildman–Crippen MR) is 65.0 cm³/mol. The molecule has 94 valence electrons. The number of aromatic carboxylic acids is 1. The van der Waals surface area contributed by atoms with Crippen LogP contribution < -0.4 is 5.32 Å². The summed E-state index contributed by atoms with van der Waals surface area (Å²) in [4.78, 5) is 10.7. The van der Waals surface area contributed by atoms with Gasteiger partial charge in [-0.1, -0.05) is 0 Å². The number of hydrogen-bond donors (Lipinski definition) is 2. The lowest BCUT2D eigenvalue weighted by molar-refractivity contribution is 0.0692. The first-order chi connectivity index (χ1) is 8.58. The monoisotopic (exact) mass is 269 g/mol. The zero-order valence-electron chi connectivity index (χ0n) is 9.11. The molecule has 3 nitrogen and oxygen atoms in total. The highest BCUT2D eigenvalue weighted by Crippen LogP contribution is 2.20. The number of carbonyl (C=O) groups is 1. The van der Waals surface area contributed by atoms with Gasteiger partial charge in [0, 0.05) is 12.6 Å². The maximum atomic E-state index is 13.4. The Kier molecular flexibility index (Phi) is 3.57. The van der Waals surface area contributed by atoms with Crippen LogP contribution in [-0.4, -0.2) is 11.1 Å². The molecule has 0 aliphatic rings. The second-order valence-electron chi connectivity index (χ2n) is 3.60. The summed E-state index contributed by atoms with van der Waals surface area (Å²) in [5.41, 5.74) is 0.366. The zero-order chi connectivity index (χ0) is 13.1. The first-order valence-electron chi connectivity index (χ1n) is 5.05. The molecule has 0 radical (unpaired) electrons. The Labute approximate surface area is 106 Å². The van der Waals surface area contributed by atoms with Crippen molar-refractivity contribution >= 4 is 23.0 Å². The van der Waals surface area contributed by atoms with E-state index in [1.54, 1.807) is 0 Å². The summed E-state index contributed by atoms with van der Waals surface area (Å²) >= 11 is 1.50.